The van der Waals surface area contributed by atoms with Gasteiger partial charge in [0.25, 0.3) is 0 Å². The van der Waals surface area contributed by atoms with Gasteiger partial charge in [-0.1, -0.05) is 38.6 Å². The molecule has 0 aromatic heterocycles. The lowest BCUT2D eigenvalue weighted by Gasteiger charge is -2.07. The molecule has 0 spiro atoms. The highest BCUT2D eigenvalue weighted by Gasteiger charge is 2.07. The Kier molecular flexibility index (Phi) is 13.3. The highest BCUT2D eigenvalue weighted by atomic mass is 32.2. The first-order valence-corrected chi connectivity index (χ1v) is 10.1. The van der Waals surface area contributed by atoms with E-state index in [1.807, 2.05) is 6.92 Å². The first kappa shape index (κ1) is 25.8. The molecule has 1 aliphatic carbocycles. The maximum atomic E-state index is 10.7. The summed E-state index contributed by atoms with van der Waals surface area (Å²) in [6.07, 6.45) is 6.74. The summed E-state index contributed by atoms with van der Waals surface area (Å²) < 4.78 is 21.7. The van der Waals surface area contributed by atoms with Crippen LogP contribution in [0.15, 0.2) is 24.3 Å². The zero-order valence-electron chi connectivity index (χ0n) is 15.9. The van der Waals surface area contributed by atoms with Crippen molar-refractivity contribution in [2.75, 3.05) is 34.4 Å². The molecule has 1 aromatic rings. The number of hydrogen-bond acceptors (Lipinski definition) is 3. The van der Waals surface area contributed by atoms with E-state index < -0.39 is 10.0 Å². The molecule has 0 N–H and O–H groups in total. The van der Waals surface area contributed by atoms with Crippen molar-refractivity contribution in [2.24, 2.45) is 0 Å². The van der Waals surface area contributed by atoms with E-state index in [0.29, 0.717) is 6.42 Å². The lowest BCUT2D eigenvalue weighted by molar-refractivity contribution is -0.128. The molecule has 5 nitrogen and oxygen atoms in total. The summed E-state index contributed by atoms with van der Waals surface area (Å²) in [5.74, 6) is 0.215. The van der Waals surface area contributed by atoms with Crippen molar-refractivity contribution in [1.29, 1.82) is 0 Å². The molecular formula is C19H36N2O3S. The van der Waals surface area contributed by atoms with E-state index in [9.17, 15) is 13.2 Å². The van der Waals surface area contributed by atoms with Crippen LogP contribution < -0.4 is 0 Å². The van der Waals surface area contributed by atoms with Gasteiger partial charge in [-0.05, 0) is 36.8 Å². The monoisotopic (exact) mass is 372 g/mol. The molecule has 1 aliphatic rings. The third-order valence-corrected chi connectivity index (χ3v) is 4.96. The van der Waals surface area contributed by atoms with Crippen LogP contribution in [0.1, 0.15) is 44.7 Å². The number of hydrogen-bond donors (Lipinski definition) is 0. The summed E-state index contributed by atoms with van der Waals surface area (Å²) in [6.45, 7) is 2.00. The Hall–Kier alpha value is -1.40. The Morgan fingerprint density at radius 1 is 1.04 bits per heavy atom. The van der Waals surface area contributed by atoms with Crippen molar-refractivity contribution in [3.63, 3.8) is 0 Å². The molecule has 1 amide bonds. The number of fused-ring (bicyclic) bond motifs is 1. The van der Waals surface area contributed by atoms with Crippen LogP contribution in [0, 0.1) is 0 Å². The van der Waals surface area contributed by atoms with Crippen molar-refractivity contribution < 1.29 is 13.2 Å². The standard InChI is InChI=1S/C9H10.C6H13NO.C3H9NO2S.CH4/c1-2-5-9-7-3-6-8(9)4-1;1-4-5-6(8)7(2)3;1-4(2)7(3,5)6;/h1-2,4-5H,3,6-7H2;4-5H2,1-3H3;1-3H3;1H4. The van der Waals surface area contributed by atoms with Crippen LogP contribution in [0.3, 0.4) is 0 Å². The topological polar surface area (TPSA) is 57.7 Å². The number of aryl methyl sites for hydroxylation is 2. The van der Waals surface area contributed by atoms with Crippen LogP contribution in [-0.4, -0.2) is 58.0 Å². The van der Waals surface area contributed by atoms with Crippen molar-refractivity contribution in [3.8, 4) is 0 Å². The highest BCUT2D eigenvalue weighted by Crippen LogP contribution is 2.20. The van der Waals surface area contributed by atoms with E-state index in [1.165, 1.54) is 33.4 Å². The smallest absolute Gasteiger partial charge is 0.222 e. The number of carbonyl (C=O) groups is 1. The first-order chi connectivity index (χ1) is 11.1. The second-order valence-corrected chi connectivity index (χ2v) is 8.40. The van der Waals surface area contributed by atoms with Gasteiger partial charge in [0.1, 0.15) is 0 Å². The van der Waals surface area contributed by atoms with Crippen LogP contribution in [0.25, 0.3) is 0 Å². The second kappa shape index (κ2) is 12.9. The molecule has 0 unspecified atom stereocenters. The third-order valence-electron chi connectivity index (χ3n) is 3.64. The van der Waals surface area contributed by atoms with Crippen LogP contribution in [0.5, 0.6) is 0 Å². The Labute approximate surface area is 155 Å². The lowest BCUT2D eigenvalue weighted by Crippen LogP contribution is -2.20. The fraction of sp³-hybridized carbons (Fsp3) is 0.632. The lowest BCUT2D eigenvalue weighted by atomic mass is 10.1. The van der Waals surface area contributed by atoms with E-state index in [0.717, 1.165) is 17.0 Å². The summed E-state index contributed by atoms with van der Waals surface area (Å²) >= 11 is 0. The van der Waals surface area contributed by atoms with Crippen molar-refractivity contribution >= 4 is 15.9 Å². The highest BCUT2D eigenvalue weighted by molar-refractivity contribution is 7.88. The zero-order chi connectivity index (χ0) is 18.8. The van der Waals surface area contributed by atoms with Gasteiger partial charge in [0.05, 0.1) is 6.26 Å². The summed E-state index contributed by atoms with van der Waals surface area (Å²) in [6, 6.07) is 8.74. The van der Waals surface area contributed by atoms with Gasteiger partial charge >= 0.3 is 0 Å². The van der Waals surface area contributed by atoms with E-state index in [2.05, 4.69) is 24.3 Å². The fourth-order valence-corrected chi connectivity index (χ4v) is 1.95. The Balaban J connectivity index is 0. The molecule has 0 saturated carbocycles. The molecule has 0 heterocycles. The molecule has 0 fully saturated rings. The first-order valence-electron chi connectivity index (χ1n) is 8.24. The minimum absolute atomic E-state index is 0. The van der Waals surface area contributed by atoms with Gasteiger partial charge < -0.3 is 4.90 Å². The molecule has 0 aliphatic heterocycles. The molecule has 0 atom stereocenters. The van der Waals surface area contributed by atoms with Gasteiger partial charge in [-0.2, -0.15) is 0 Å². The summed E-state index contributed by atoms with van der Waals surface area (Å²) in [7, 11) is 3.63. The third kappa shape index (κ3) is 11.7. The minimum Gasteiger partial charge on any atom is -0.349 e. The number of benzene rings is 1. The molecular weight excluding hydrogens is 336 g/mol. The number of carbonyl (C=O) groups excluding carboxylic acids is 1. The Bertz CT molecular complexity index is 573. The minimum atomic E-state index is -2.91. The second-order valence-electron chi connectivity index (χ2n) is 6.21. The van der Waals surface area contributed by atoms with Crippen LogP contribution in [-0.2, 0) is 27.7 Å². The van der Waals surface area contributed by atoms with Gasteiger partial charge in [0.15, 0.2) is 0 Å². The van der Waals surface area contributed by atoms with Crippen LogP contribution in [0.4, 0.5) is 0 Å². The SMILES string of the molecule is C.CCCC(=O)N(C)C.CN(C)S(C)(=O)=O.c1ccc2c(c1)CCC2. The molecule has 0 saturated heterocycles. The summed E-state index contributed by atoms with van der Waals surface area (Å²) in [5, 5.41) is 0. The molecule has 0 radical (unpaired) electrons. The average molecular weight is 373 g/mol. The van der Waals surface area contributed by atoms with Gasteiger partial charge in [-0.3, -0.25) is 4.79 Å². The molecule has 25 heavy (non-hydrogen) atoms. The Morgan fingerprint density at radius 3 is 1.68 bits per heavy atom. The van der Waals surface area contributed by atoms with E-state index >= 15 is 0 Å². The number of amides is 1. The van der Waals surface area contributed by atoms with Crippen molar-refractivity contribution in [3.05, 3.63) is 35.4 Å². The van der Waals surface area contributed by atoms with Crippen LogP contribution >= 0.6 is 0 Å². The van der Waals surface area contributed by atoms with Gasteiger partial charge in [0.2, 0.25) is 15.9 Å². The van der Waals surface area contributed by atoms with E-state index in [1.54, 1.807) is 30.1 Å². The molecule has 2 rings (SSSR count). The summed E-state index contributed by atoms with van der Waals surface area (Å²) in [5.41, 5.74) is 3.13. The maximum Gasteiger partial charge on any atom is 0.222 e. The Morgan fingerprint density at radius 2 is 1.44 bits per heavy atom. The van der Waals surface area contributed by atoms with Crippen molar-refractivity contribution in [1.82, 2.24) is 9.21 Å². The maximum absolute atomic E-state index is 10.7. The molecule has 0 bridgehead atoms. The average Bonchev–Trinajstić information content (AvgIpc) is 2.96. The summed E-state index contributed by atoms with van der Waals surface area (Å²) in [4.78, 5) is 12.3. The number of sulfonamides is 1. The molecule has 6 heteroatoms. The fourth-order valence-electron chi connectivity index (χ4n) is 1.95. The van der Waals surface area contributed by atoms with E-state index in [4.69, 9.17) is 0 Å². The molecule has 146 valence electrons. The number of rotatable bonds is 3. The zero-order valence-corrected chi connectivity index (χ0v) is 16.7. The van der Waals surface area contributed by atoms with E-state index in [-0.39, 0.29) is 13.3 Å². The predicted molar refractivity (Wildman–Crippen MR) is 107 cm³/mol. The van der Waals surface area contributed by atoms with Gasteiger partial charge in [-0.25, -0.2) is 12.7 Å². The largest absolute Gasteiger partial charge is 0.349 e. The normalized spacial score (nSPS) is 12.0. The van der Waals surface area contributed by atoms with Gasteiger partial charge in [0, 0.05) is 34.6 Å². The quantitative estimate of drug-likeness (QED) is 0.819. The van der Waals surface area contributed by atoms with Crippen molar-refractivity contribution in [2.45, 2.75) is 46.5 Å². The van der Waals surface area contributed by atoms with Crippen LogP contribution in [0.2, 0.25) is 0 Å². The van der Waals surface area contributed by atoms with Gasteiger partial charge in [-0.15, -0.1) is 0 Å². The number of nitrogens with zero attached hydrogens (tertiary/aromatic N) is 2. The predicted octanol–water partition coefficient (Wildman–Crippen LogP) is 3.19. The molecule has 1 aromatic carbocycles.